The van der Waals surface area contributed by atoms with Gasteiger partial charge in [-0.1, -0.05) is 33.1 Å². The van der Waals surface area contributed by atoms with E-state index in [1.807, 2.05) is 6.92 Å². The Morgan fingerprint density at radius 3 is 2.42 bits per heavy atom. The second kappa shape index (κ2) is 13.0. The van der Waals surface area contributed by atoms with E-state index in [4.69, 9.17) is 9.47 Å². The molecule has 2 aromatic carbocycles. The lowest BCUT2D eigenvalue weighted by Crippen LogP contribution is -2.17. The number of fused-ring (bicyclic) bond motifs is 1. The molecule has 0 unspecified atom stereocenters. The Bertz CT molecular complexity index is 1610. The predicted molar refractivity (Wildman–Crippen MR) is 156 cm³/mol. The van der Waals surface area contributed by atoms with Crippen LogP contribution in [0.4, 0.5) is 5.69 Å². The minimum absolute atomic E-state index is 0.00181. The van der Waals surface area contributed by atoms with Gasteiger partial charge in [-0.05, 0) is 69.2 Å². The summed E-state index contributed by atoms with van der Waals surface area (Å²) in [5, 5.41) is 4.69. The van der Waals surface area contributed by atoms with Crippen molar-refractivity contribution in [2.24, 2.45) is 0 Å². The number of nitrogens with zero attached hydrogens (tertiary/aromatic N) is 3. The molecular weight excluding hydrogens is 530 g/mol. The molecule has 11 heteroatoms. The van der Waals surface area contributed by atoms with Crippen LogP contribution in [0.3, 0.4) is 0 Å². The first-order valence-corrected chi connectivity index (χ1v) is 15.3. The molecule has 0 saturated carbocycles. The smallest absolute Gasteiger partial charge is 0.277 e. The van der Waals surface area contributed by atoms with Crippen LogP contribution >= 0.6 is 0 Å². The first kappa shape index (κ1) is 29.1. The molecule has 0 saturated heterocycles. The van der Waals surface area contributed by atoms with Crippen LogP contribution < -0.4 is 19.8 Å². The Balaban J connectivity index is 1.69. The Morgan fingerprint density at radius 2 is 1.73 bits per heavy atom. The molecule has 0 bridgehead atoms. The van der Waals surface area contributed by atoms with E-state index < -0.39 is 10.0 Å². The number of ether oxygens (including phenoxy) is 2. The molecule has 0 aliphatic carbocycles. The van der Waals surface area contributed by atoms with E-state index in [1.165, 1.54) is 12.1 Å². The number of benzene rings is 2. The first-order chi connectivity index (χ1) is 19.3. The van der Waals surface area contributed by atoms with Gasteiger partial charge in [-0.3, -0.25) is 9.52 Å². The molecule has 40 heavy (non-hydrogen) atoms. The molecule has 4 rings (SSSR count). The largest absolute Gasteiger partial charge is 0.494 e. The van der Waals surface area contributed by atoms with Crippen LogP contribution in [0.2, 0.25) is 0 Å². The summed E-state index contributed by atoms with van der Waals surface area (Å²) in [6.07, 6.45) is 5.68. The quantitative estimate of drug-likeness (QED) is 0.193. The lowest BCUT2D eigenvalue weighted by molar-refractivity contribution is 0.309. The number of imidazole rings is 1. The number of hydrogen-bond acceptors (Lipinski definition) is 7. The van der Waals surface area contributed by atoms with Crippen LogP contribution in [0.1, 0.15) is 64.4 Å². The zero-order valence-corrected chi connectivity index (χ0v) is 24.3. The number of nitrogens with one attached hydrogen (secondary N) is 2. The highest BCUT2D eigenvalue weighted by Crippen LogP contribution is 2.31. The molecule has 0 aliphatic heterocycles. The fourth-order valence-corrected chi connectivity index (χ4v) is 5.45. The van der Waals surface area contributed by atoms with Crippen molar-refractivity contribution in [2.45, 2.75) is 71.1 Å². The van der Waals surface area contributed by atoms with Gasteiger partial charge < -0.3 is 14.5 Å². The molecule has 0 radical (unpaired) electrons. The third kappa shape index (κ3) is 6.64. The molecular formula is C29H37N5O5S. The number of aromatic nitrogens is 4. The maximum absolute atomic E-state index is 13.3. The number of unbranched alkanes of at least 4 members (excludes halogenated alkanes) is 3. The molecule has 2 heterocycles. The minimum Gasteiger partial charge on any atom is -0.494 e. The number of H-pyrrole nitrogens is 1. The van der Waals surface area contributed by atoms with Crippen LogP contribution in [0.25, 0.3) is 16.9 Å². The average Bonchev–Trinajstić information content (AvgIpc) is 3.25. The van der Waals surface area contributed by atoms with Gasteiger partial charge in [0.15, 0.2) is 11.3 Å². The SMILES string of the molecule is CCCCCc1nc(C)c2c(=O)[nH]c(-c3cc(S(=O)(=O)Nc4ccc(OCCCC)cc4)ccc3OCC)nn12. The zero-order valence-electron chi connectivity index (χ0n) is 23.5. The number of hydrogen-bond donors (Lipinski definition) is 2. The standard InChI is InChI=1S/C29H37N5O5S/c1-5-8-10-11-26-30-20(4)27-29(35)31-28(32-34(26)27)24-19-23(16-17-25(24)38-7-3)40(36,37)33-21-12-14-22(15-13-21)39-18-9-6-2/h12-17,19,33H,5-11,18H2,1-4H3,(H,31,32,35). The van der Waals surface area contributed by atoms with E-state index in [0.717, 1.165) is 32.1 Å². The summed E-state index contributed by atoms with van der Waals surface area (Å²) in [6, 6.07) is 11.3. The molecule has 4 aromatic rings. The van der Waals surface area contributed by atoms with E-state index in [1.54, 1.807) is 41.8 Å². The number of anilines is 1. The topological polar surface area (TPSA) is 128 Å². The molecule has 10 nitrogen and oxygen atoms in total. The van der Waals surface area contributed by atoms with Crippen LogP contribution in [0, 0.1) is 6.92 Å². The Morgan fingerprint density at radius 1 is 0.975 bits per heavy atom. The molecule has 0 atom stereocenters. The lowest BCUT2D eigenvalue weighted by atomic mass is 10.2. The van der Waals surface area contributed by atoms with E-state index in [-0.39, 0.29) is 16.3 Å². The van der Waals surface area contributed by atoms with Gasteiger partial charge in [-0.25, -0.2) is 17.9 Å². The molecule has 0 amide bonds. The van der Waals surface area contributed by atoms with Crippen molar-refractivity contribution in [3.63, 3.8) is 0 Å². The van der Waals surface area contributed by atoms with Crippen LogP contribution in [0.5, 0.6) is 11.5 Å². The van der Waals surface area contributed by atoms with E-state index in [0.29, 0.717) is 59.4 Å². The summed E-state index contributed by atoms with van der Waals surface area (Å²) in [7, 11) is -3.97. The average molecular weight is 568 g/mol. The summed E-state index contributed by atoms with van der Waals surface area (Å²) in [5.41, 5.74) is 1.37. The summed E-state index contributed by atoms with van der Waals surface area (Å²) in [4.78, 5) is 20.5. The van der Waals surface area contributed by atoms with Crippen molar-refractivity contribution >= 4 is 21.2 Å². The van der Waals surface area contributed by atoms with Gasteiger partial charge in [0.05, 0.1) is 29.4 Å². The van der Waals surface area contributed by atoms with Crippen LogP contribution in [-0.4, -0.2) is 41.2 Å². The number of aryl methyl sites for hydroxylation is 2. The van der Waals surface area contributed by atoms with Gasteiger partial charge in [-0.15, -0.1) is 5.10 Å². The maximum Gasteiger partial charge on any atom is 0.277 e. The summed E-state index contributed by atoms with van der Waals surface area (Å²) < 4.78 is 42.3. The van der Waals surface area contributed by atoms with Gasteiger partial charge in [0.2, 0.25) is 0 Å². The monoisotopic (exact) mass is 567 g/mol. The second-order valence-electron chi connectivity index (χ2n) is 9.56. The van der Waals surface area contributed by atoms with Crippen molar-refractivity contribution in [3.8, 4) is 22.9 Å². The van der Waals surface area contributed by atoms with Gasteiger partial charge in [0, 0.05) is 12.1 Å². The summed E-state index contributed by atoms with van der Waals surface area (Å²) >= 11 is 0. The molecule has 0 spiro atoms. The Kier molecular flexibility index (Phi) is 9.46. The highest BCUT2D eigenvalue weighted by Gasteiger charge is 2.21. The van der Waals surface area contributed by atoms with E-state index >= 15 is 0 Å². The highest BCUT2D eigenvalue weighted by atomic mass is 32.2. The summed E-state index contributed by atoms with van der Waals surface area (Å²) in [5.74, 6) is 1.97. The van der Waals surface area contributed by atoms with Crippen LogP contribution in [-0.2, 0) is 16.4 Å². The number of sulfonamides is 1. The van der Waals surface area contributed by atoms with Crippen molar-refractivity contribution in [2.75, 3.05) is 17.9 Å². The Hall–Kier alpha value is -3.86. The fourth-order valence-electron chi connectivity index (χ4n) is 4.36. The van der Waals surface area contributed by atoms with E-state index in [9.17, 15) is 13.2 Å². The van der Waals surface area contributed by atoms with Crippen molar-refractivity contribution in [3.05, 3.63) is 64.3 Å². The third-order valence-electron chi connectivity index (χ3n) is 6.44. The lowest BCUT2D eigenvalue weighted by Gasteiger charge is -2.14. The van der Waals surface area contributed by atoms with Gasteiger partial charge >= 0.3 is 0 Å². The van der Waals surface area contributed by atoms with Crippen LogP contribution in [0.15, 0.2) is 52.2 Å². The molecule has 2 N–H and O–H groups in total. The van der Waals surface area contributed by atoms with Crippen molar-refractivity contribution in [1.29, 1.82) is 0 Å². The van der Waals surface area contributed by atoms with Crippen molar-refractivity contribution in [1.82, 2.24) is 19.6 Å². The fraction of sp³-hybridized carbons (Fsp3) is 0.414. The Labute approximate surface area is 234 Å². The zero-order chi connectivity index (χ0) is 28.7. The first-order valence-electron chi connectivity index (χ1n) is 13.8. The second-order valence-corrected chi connectivity index (χ2v) is 11.2. The highest BCUT2D eigenvalue weighted by molar-refractivity contribution is 7.92. The minimum atomic E-state index is -3.97. The normalized spacial score (nSPS) is 11.6. The van der Waals surface area contributed by atoms with E-state index in [2.05, 4.69) is 33.6 Å². The molecule has 0 fully saturated rings. The summed E-state index contributed by atoms with van der Waals surface area (Å²) in [6.45, 7) is 8.78. The third-order valence-corrected chi connectivity index (χ3v) is 7.82. The molecule has 2 aromatic heterocycles. The van der Waals surface area contributed by atoms with Crippen molar-refractivity contribution < 1.29 is 17.9 Å². The number of rotatable bonds is 14. The predicted octanol–water partition coefficient (Wildman–Crippen LogP) is 5.50. The maximum atomic E-state index is 13.3. The van der Waals surface area contributed by atoms with Gasteiger partial charge in [0.1, 0.15) is 17.3 Å². The van der Waals surface area contributed by atoms with Gasteiger partial charge in [-0.2, -0.15) is 0 Å². The molecule has 214 valence electrons. The number of aromatic amines is 1. The van der Waals surface area contributed by atoms with Gasteiger partial charge in [0.25, 0.3) is 15.6 Å². The molecule has 0 aliphatic rings.